The standard InChI is InChI=1S/C9H5BrF3N/c10-8-7(9(11,12)13)5-3-1-2-4-6(5)14-8/h1-4,14H. The summed E-state index contributed by atoms with van der Waals surface area (Å²) in [5.41, 5.74) is -0.167. The lowest BCUT2D eigenvalue weighted by Crippen LogP contribution is -2.04. The molecule has 1 nitrogen and oxygen atoms in total. The topological polar surface area (TPSA) is 15.8 Å². The Hall–Kier alpha value is -0.970. The summed E-state index contributed by atoms with van der Waals surface area (Å²) in [6.07, 6.45) is -4.33. The van der Waals surface area contributed by atoms with E-state index in [4.69, 9.17) is 0 Å². The van der Waals surface area contributed by atoms with Gasteiger partial charge in [0.1, 0.15) is 0 Å². The summed E-state index contributed by atoms with van der Waals surface area (Å²) >= 11 is 2.87. The Morgan fingerprint density at radius 1 is 1.14 bits per heavy atom. The molecule has 0 fully saturated rings. The number of H-pyrrole nitrogens is 1. The van der Waals surface area contributed by atoms with E-state index in [-0.39, 0.29) is 9.99 Å². The van der Waals surface area contributed by atoms with E-state index in [0.717, 1.165) is 0 Å². The molecule has 1 N–H and O–H groups in total. The average molecular weight is 264 g/mol. The summed E-state index contributed by atoms with van der Waals surface area (Å²) < 4.78 is 37.7. The first-order chi connectivity index (χ1) is 6.50. The van der Waals surface area contributed by atoms with Crippen LogP contribution in [-0.4, -0.2) is 4.98 Å². The number of hydrogen-bond donors (Lipinski definition) is 1. The molecule has 74 valence electrons. The molecule has 5 heteroatoms. The maximum atomic E-state index is 12.6. The van der Waals surface area contributed by atoms with Crippen LogP contribution in [0.1, 0.15) is 5.56 Å². The summed E-state index contributed by atoms with van der Waals surface area (Å²) in [7, 11) is 0. The molecule has 0 atom stereocenters. The second-order valence-electron chi connectivity index (χ2n) is 2.86. The highest BCUT2D eigenvalue weighted by Gasteiger charge is 2.36. The van der Waals surface area contributed by atoms with Crippen LogP contribution in [0, 0.1) is 0 Å². The van der Waals surface area contributed by atoms with E-state index in [2.05, 4.69) is 20.9 Å². The van der Waals surface area contributed by atoms with Crippen LogP contribution in [0.4, 0.5) is 13.2 Å². The molecule has 1 aromatic carbocycles. The molecule has 0 unspecified atom stereocenters. The molecule has 1 heterocycles. The van der Waals surface area contributed by atoms with Crippen LogP contribution in [0.3, 0.4) is 0 Å². The number of benzene rings is 1. The predicted octanol–water partition coefficient (Wildman–Crippen LogP) is 3.95. The molecule has 0 radical (unpaired) electrons. The van der Waals surface area contributed by atoms with Gasteiger partial charge in [-0.2, -0.15) is 13.2 Å². The van der Waals surface area contributed by atoms with Gasteiger partial charge in [-0.15, -0.1) is 0 Å². The molecule has 1 aromatic heterocycles. The van der Waals surface area contributed by atoms with Gasteiger partial charge in [0.15, 0.2) is 0 Å². The van der Waals surface area contributed by atoms with Crippen molar-refractivity contribution < 1.29 is 13.2 Å². The summed E-state index contributed by atoms with van der Waals surface area (Å²) in [6.45, 7) is 0. The fraction of sp³-hybridized carbons (Fsp3) is 0.111. The Labute approximate surface area is 86.1 Å². The van der Waals surface area contributed by atoms with Crippen molar-refractivity contribution in [2.45, 2.75) is 6.18 Å². The fourth-order valence-corrected chi connectivity index (χ4v) is 2.04. The maximum Gasteiger partial charge on any atom is 0.419 e. The third kappa shape index (κ3) is 1.41. The molecule has 0 bridgehead atoms. The van der Waals surface area contributed by atoms with Gasteiger partial charge < -0.3 is 4.98 Å². The largest absolute Gasteiger partial charge is 0.419 e. The molecule has 0 aliphatic heterocycles. The van der Waals surface area contributed by atoms with Crippen LogP contribution in [-0.2, 0) is 6.18 Å². The van der Waals surface area contributed by atoms with Gasteiger partial charge in [0.2, 0.25) is 0 Å². The minimum atomic E-state index is -4.33. The highest BCUT2D eigenvalue weighted by molar-refractivity contribution is 9.10. The Bertz CT molecular complexity index is 472. The number of nitrogens with one attached hydrogen (secondary N) is 1. The van der Waals surface area contributed by atoms with Gasteiger partial charge in [-0.3, -0.25) is 0 Å². The van der Waals surface area contributed by atoms with Crippen molar-refractivity contribution in [3.05, 3.63) is 34.4 Å². The van der Waals surface area contributed by atoms with E-state index >= 15 is 0 Å². The Morgan fingerprint density at radius 2 is 1.79 bits per heavy atom. The molecule has 2 aromatic rings. The molecular formula is C9H5BrF3N. The summed E-state index contributed by atoms with van der Waals surface area (Å²) in [6, 6.07) is 6.32. The van der Waals surface area contributed by atoms with Gasteiger partial charge in [-0.05, 0) is 22.0 Å². The van der Waals surface area contributed by atoms with Gasteiger partial charge in [0.25, 0.3) is 0 Å². The SMILES string of the molecule is FC(F)(F)c1c(Br)[nH]c2ccccc12. The van der Waals surface area contributed by atoms with Crippen molar-refractivity contribution >= 4 is 26.8 Å². The van der Waals surface area contributed by atoms with Crippen LogP contribution >= 0.6 is 15.9 Å². The minimum absolute atomic E-state index is 0.0220. The fourth-order valence-electron chi connectivity index (χ4n) is 1.39. The van der Waals surface area contributed by atoms with Crippen molar-refractivity contribution in [2.75, 3.05) is 0 Å². The molecule has 0 saturated heterocycles. The molecule has 14 heavy (non-hydrogen) atoms. The van der Waals surface area contributed by atoms with E-state index in [1.807, 2.05) is 0 Å². The first-order valence-corrected chi connectivity index (χ1v) is 4.63. The van der Waals surface area contributed by atoms with Crippen LogP contribution in [0.15, 0.2) is 28.9 Å². The van der Waals surface area contributed by atoms with Gasteiger partial charge in [0, 0.05) is 10.9 Å². The van der Waals surface area contributed by atoms with Crippen molar-refractivity contribution in [2.24, 2.45) is 0 Å². The lowest BCUT2D eigenvalue weighted by molar-refractivity contribution is -0.136. The molecular weight excluding hydrogens is 259 g/mol. The van der Waals surface area contributed by atoms with E-state index in [1.54, 1.807) is 18.2 Å². The summed E-state index contributed by atoms with van der Waals surface area (Å²) in [4.78, 5) is 2.63. The quantitative estimate of drug-likeness (QED) is 0.741. The Balaban J connectivity index is 2.81. The predicted molar refractivity (Wildman–Crippen MR) is 51.0 cm³/mol. The van der Waals surface area contributed by atoms with Crippen LogP contribution in [0.25, 0.3) is 10.9 Å². The Morgan fingerprint density at radius 3 is 2.43 bits per heavy atom. The molecule has 2 rings (SSSR count). The number of rotatable bonds is 0. The highest BCUT2D eigenvalue weighted by atomic mass is 79.9. The van der Waals surface area contributed by atoms with Crippen LogP contribution in [0.2, 0.25) is 0 Å². The van der Waals surface area contributed by atoms with Crippen molar-refractivity contribution in [1.82, 2.24) is 4.98 Å². The van der Waals surface area contributed by atoms with E-state index in [1.165, 1.54) is 6.07 Å². The normalized spacial score (nSPS) is 12.3. The third-order valence-corrected chi connectivity index (χ3v) is 2.54. The first kappa shape index (κ1) is 9.58. The number of alkyl halides is 3. The second-order valence-corrected chi connectivity index (χ2v) is 3.65. The van der Waals surface area contributed by atoms with Crippen molar-refractivity contribution in [3.63, 3.8) is 0 Å². The number of hydrogen-bond acceptors (Lipinski definition) is 0. The van der Waals surface area contributed by atoms with Gasteiger partial charge >= 0.3 is 6.18 Å². The zero-order chi connectivity index (χ0) is 10.3. The van der Waals surface area contributed by atoms with E-state index < -0.39 is 11.7 Å². The third-order valence-electron chi connectivity index (χ3n) is 1.94. The summed E-state index contributed by atoms with van der Waals surface area (Å²) in [5, 5.41) is 0.187. The zero-order valence-corrected chi connectivity index (χ0v) is 8.41. The molecule has 0 amide bonds. The molecule has 0 aliphatic carbocycles. The van der Waals surface area contributed by atoms with Gasteiger partial charge in [-0.1, -0.05) is 18.2 Å². The average Bonchev–Trinajstić information content (AvgIpc) is 2.38. The van der Waals surface area contributed by atoms with E-state index in [0.29, 0.717) is 5.52 Å². The minimum Gasteiger partial charge on any atom is -0.349 e. The van der Waals surface area contributed by atoms with E-state index in [9.17, 15) is 13.2 Å². The Kier molecular flexibility index (Phi) is 2.06. The van der Waals surface area contributed by atoms with Crippen LogP contribution in [0.5, 0.6) is 0 Å². The zero-order valence-electron chi connectivity index (χ0n) is 6.82. The smallest absolute Gasteiger partial charge is 0.349 e. The number of para-hydroxylation sites is 1. The highest BCUT2D eigenvalue weighted by Crippen LogP contribution is 2.39. The van der Waals surface area contributed by atoms with Crippen LogP contribution < -0.4 is 0 Å². The summed E-state index contributed by atoms with van der Waals surface area (Å²) in [5.74, 6) is 0. The van der Waals surface area contributed by atoms with Crippen molar-refractivity contribution in [3.8, 4) is 0 Å². The first-order valence-electron chi connectivity index (χ1n) is 3.83. The number of aromatic nitrogens is 1. The lowest BCUT2D eigenvalue weighted by atomic mass is 10.2. The number of fused-ring (bicyclic) bond motifs is 1. The monoisotopic (exact) mass is 263 g/mol. The molecule has 0 spiro atoms. The van der Waals surface area contributed by atoms with Gasteiger partial charge in [-0.25, -0.2) is 0 Å². The lowest BCUT2D eigenvalue weighted by Gasteiger charge is -2.04. The number of aromatic amines is 1. The van der Waals surface area contributed by atoms with Crippen molar-refractivity contribution in [1.29, 1.82) is 0 Å². The molecule has 0 saturated carbocycles. The molecule has 0 aliphatic rings. The maximum absolute atomic E-state index is 12.6. The number of halogens is 4. The van der Waals surface area contributed by atoms with Gasteiger partial charge in [0.05, 0.1) is 10.2 Å². The second kappa shape index (κ2) is 3.02.